The zero-order chi connectivity index (χ0) is 19.7. The predicted molar refractivity (Wildman–Crippen MR) is 109 cm³/mol. The third-order valence-electron chi connectivity index (χ3n) is 5.56. The topological polar surface area (TPSA) is 62.4 Å². The van der Waals surface area contributed by atoms with Gasteiger partial charge in [0, 0.05) is 29.2 Å². The van der Waals surface area contributed by atoms with E-state index in [0.717, 1.165) is 47.2 Å². The van der Waals surface area contributed by atoms with E-state index >= 15 is 0 Å². The van der Waals surface area contributed by atoms with Gasteiger partial charge in [-0.2, -0.15) is 0 Å². The lowest BCUT2D eigenvalue weighted by Crippen LogP contribution is -2.41. The first-order valence-corrected chi connectivity index (χ1v) is 9.64. The highest BCUT2D eigenvalue weighted by Crippen LogP contribution is 2.27. The summed E-state index contributed by atoms with van der Waals surface area (Å²) in [5.74, 6) is -0.0235. The normalized spacial score (nSPS) is 16.5. The summed E-state index contributed by atoms with van der Waals surface area (Å²) in [4.78, 5) is 31.2. The highest BCUT2D eigenvalue weighted by atomic mass is 16.5. The Kier molecular flexibility index (Phi) is 4.90. The minimum atomic E-state index is -0.424. The highest BCUT2D eigenvalue weighted by Gasteiger charge is 2.34. The SMILES string of the molecule is COc1cccc(CC2CCCN2C(=O)C(=O)c2c(C)[nH]c3ccccc23)c1. The summed E-state index contributed by atoms with van der Waals surface area (Å²) in [5, 5.41) is 0.807. The number of carbonyl (C=O) groups excluding carboxylic acids is 2. The summed E-state index contributed by atoms with van der Waals surface area (Å²) in [6.45, 7) is 2.47. The lowest BCUT2D eigenvalue weighted by Gasteiger charge is -2.24. The molecule has 1 N–H and O–H groups in total. The van der Waals surface area contributed by atoms with E-state index in [1.165, 1.54) is 0 Å². The summed E-state index contributed by atoms with van der Waals surface area (Å²) in [6, 6.07) is 15.5. The van der Waals surface area contributed by atoms with Crippen molar-refractivity contribution in [3.63, 3.8) is 0 Å². The first-order valence-electron chi connectivity index (χ1n) is 9.64. The van der Waals surface area contributed by atoms with Gasteiger partial charge in [0.05, 0.1) is 12.7 Å². The number of benzene rings is 2. The number of H-pyrrole nitrogens is 1. The molecule has 144 valence electrons. The Morgan fingerprint density at radius 3 is 2.82 bits per heavy atom. The second kappa shape index (κ2) is 7.50. The van der Waals surface area contributed by atoms with Crippen molar-refractivity contribution in [2.24, 2.45) is 0 Å². The smallest absolute Gasteiger partial charge is 0.295 e. The molecule has 2 aromatic carbocycles. The molecule has 1 atom stereocenters. The zero-order valence-corrected chi connectivity index (χ0v) is 16.2. The van der Waals surface area contributed by atoms with Crippen molar-refractivity contribution in [3.05, 3.63) is 65.4 Å². The Bertz CT molecular complexity index is 1040. The average molecular weight is 376 g/mol. The minimum absolute atomic E-state index is 0.0362. The molecule has 0 aliphatic carbocycles. The summed E-state index contributed by atoms with van der Waals surface area (Å²) in [7, 11) is 1.65. The van der Waals surface area contributed by atoms with Gasteiger partial charge in [0.2, 0.25) is 0 Å². The molecule has 1 aliphatic rings. The van der Waals surface area contributed by atoms with E-state index in [4.69, 9.17) is 4.74 Å². The fraction of sp³-hybridized carbons (Fsp3) is 0.304. The molecule has 1 aliphatic heterocycles. The summed E-state index contributed by atoms with van der Waals surface area (Å²) in [5.41, 5.74) is 3.22. The van der Waals surface area contributed by atoms with Gasteiger partial charge in [-0.25, -0.2) is 0 Å². The number of hydrogen-bond donors (Lipinski definition) is 1. The van der Waals surface area contributed by atoms with Crippen LogP contribution < -0.4 is 4.74 Å². The standard InChI is InChI=1S/C23H24N2O3/c1-15-21(19-10-3-4-11-20(19)24-15)22(26)23(27)25-12-6-8-17(25)13-16-7-5-9-18(14-16)28-2/h3-5,7,9-11,14,17,24H,6,8,12-13H2,1-2H3. The maximum absolute atomic E-state index is 13.1. The molecule has 0 bridgehead atoms. The zero-order valence-electron chi connectivity index (χ0n) is 16.2. The van der Waals surface area contributed by atoms with E-state index in [2.05, 4.69) is 4.98 Å². The lowest BCUT2D eigenvalue weighted by atomic mass is 10.0. The molecular formula is C23H24N2O3. The molecule has 1 amide bonds. The van der Waals surface area contributed by atoms with Gasteiger partial charge in [0.1, 0.15) is 5.75 Å². The van der Waals surface area contributed by atoms with Crippen molar-refractivity contribution >= 4 is 22.6 Å². The molecule has 0 spiro atoms. The number of aromatic nitrogens is 1. The van der Waals surface area contributed by atoms with E-state index in [0.29, 0.717) is 12.1 Å². The number of nitrogens with one attached hydrogen (secondary N) is 1. The number of fused-ring (bicyclic) bond motifs is 1. The molecule has 0 radical (unpaired) electrons. The first-order chi connectivity index (χ1) is 13.6. The van der Waals surface area contributed by atoms with Gasteiger partial charge in [-0.15, -0.1) is 0 Å². The second-order valence-electron chi connectivity index (χ2n) is 7.35. The molecule has 3 aromatic rings. The van der Waals surface area contributed by atoms with E-state index in [9.17, 15) is 9.59 Å². The van der Waals surface area contributed by atoms with Crippen LogP contribution in [0.3, 0.4) is 0 Å². The van der Waals surface area contributed by atoms with Crippen molar-refractivity contribution in [1.82, 2.24) is 9.88 Å². The summed E-state index contributed by atoms with van der Waals surface area (Å²) < 4.78 is 5.30. The van der Waals surface area contributed by atoms with Crippen LogP contribution in [-0.4, -0.2) is 41.3 Å². The number of amides is 1. The van der Waals surface area contributed by atoms with E-state index in [1.807, 2.05) is 55.5 Å². The molecule has 1 saturated heterocycles. The van der Waals surface area contributed by atoms with E-state index < -0.39 is 11.7 Å². The van der Waals surface area contributed by atoms with Crippen LogP contribution in [0.25, 0.3) is 10.9 Å². The Labute approximate surface area is 164 Å². The molecule has 0 saturated carbocycles. The van der Waals surface area contributed by atoms with Crippen molar-refractivity contribution in [1.29, 1.82) is 0 Å². The Balaban J connectivity index is 1.57. The van der Waals surface area contributed by atoms with Crippen LogP contribution in [0.2, 0.25) is 0 Å². The predicted octanol–water partition coefficient (Wildman–Crippen LogP) is 3.90. The quantitative estimate of drug-likeness (QED) is 0.543. The molecule has 28 heavy (non-hydrogen) atoms. The second-order valence-corrected chi connectivity index (χ2v) is 7.35. The van der Waals surface area contributed by atoms with Crippen molar-refractivity contribution < 1.29 is 14.3 Å². The van der Waals surface area contributed by atoms with E-state index in [1.54, 1.807) is 12.0 Å². The number of aryl methyl sites for hydroxylation is 1. The lowest BCUT2D eigenvalue weighted by molar-refractivity contribution is -0.127. The van der Waals surface area contributed by atoms with Gasteiger partial charge in [-0.3, -0.25) is 9.59 Å². The maximum Gasteiger partial charge on any atom is 0.295 e. The van der Waals surface area contributed by atoms with Crippen molar-refractivity contribution in [2.75, 3.05) is 13.7 Å². The number of methoxy groups -OCH3 is 1. The molecule has 5 heteroatoms. The average Bonchev–Trinajstić information content (AvgIpc) is 3.30. The number of nitrogens with zero attached hydrogens (tertiary/aromatic N) is 1. The Hall–Kier alpha value is -3.08. The van der Waals surface area contributed by atoms with Crippen LogP contribution in [0.5, 0.6) is 5.75 Å². The van der Waals surface area contributed by atoms with Crippen LogP contribution in [0.1, 0.15) is 34.5 Å². The fourth-order valence-corrected chi connectivity index (χ4v) is 4.19. The van der Waals surface area contributed by atoms with Gasteiger partial charge in [-0.1, -0.05) is 30.3 Å². The largest absolute Gasteiger partial charge is 0.497 e. The molecule has 1 unspecified atom stereocenters. The van der Waals surface area contributed by atoms with Gasteiger partial charge < -0.3 is 14.6 Å². The number of carbonyl (C=O) groups is 2. The summed E-state index contributed by atoms with van der Waals surface area (Å²) in [6.07, 6.45) is 2.55. The van der Waals surface area contributed by atoms with Crippen LogP contribution in [0, 0.1) is 6.92 Å². The molecule has 1 aromatic heterocycles. The molecule has 4 rings (SSSR count). The number of ether oxygens (including phenoxy) is 1. The third-order valence-corrected chi connectivity index (χ3v) is 5.56. The van der Waals surface area contributed by atoms with Crippen LogP contribution in [-0.2, 0) is 11.2 Å². The molecular weight excluding hydrogens is 352 g/mol. The number of aromatic amines is 1. The van der Waals surface area contributed by atoms with Crippen LogP contribution >= 0.6 is 0 Å². The van der Waals surface area contributed by atoms with Gasteiger partial charge in [0.25, 0.3) is 11.7 Å². The Morgan fingerprint density at radius 1 is 1.18 bits per heavy atom. The highest BCUT2D eigenvalue weighted by molar-refractivity contribution is 6.45. The Morgan fingerprint density at radius 2 is 2.00 bits per heavy atom. The first kappa shape index (κ1) is 18.3. The number of rotatable bonds is 5. The number of para-hydroxylation sites is 1. The van der Waals surface area contributed by atoms with Gasteiger partial charge in [0.15, 0.2) is 0 Å². The molecule has 1 fully saturated rings. The van der Waals surface area contributed by atoms with E-state index in [-0.39, 0.29) is 6.04 Å². The maximum atomic E-state index is 13.1. The fourth-order valence-electron chi connectivity index (χ4n) is 4.19. The summed E-state index contributed by atoms with van der Waals surface area (Å²) >= 11 is 0. The molecule has 2 heterocycles. The van der Waals surface area contributed by atoms with Crippen molar-refractivity contribution in [3.8, 4) is 5.75 Å². The number of ketones is 1. The van der Waals surface area contributed by atoms with Crippen molar-refractivity contribution in [2.45, 2.75) is 32.2 Å². The monoisotopic (exact) mass is 376 g/mol. The minimum Gasteiger partial charge on any atom is -0.497 e. The third kappa shape index (κ3) is 3.28. The van der Waals surface area contributed by atoms with Gasteiger partial charge in [-0.05, 0) is 49.9 Å². The number of hydrogen-bond acceptors (Lipinski definition) is 3. The number of likely N-dealkylation sites (tertiary alicyclic amines) is 1. The molecule has 5 nitrogen and oxygen atoms in total. The van der Waals surface area contributed by atoms with Gasteiger partial charge >= 0.3 is 0 Å². The number of Topliss-reactive ketones (excluding diaryl/α,β-unsaturated/α-hetero) is 1. The van der Waals surface area contributed by atoms with Crippen LogP contribution in [0.15, 0.2) is 48.5 Å². The van der Waals surface area contributed by atoms with Crippen LogP contribution in [0.4, 0.5) is 0 Å².